The number of aliphatic hydroxyl groups is 1. The zero-order valence-corrected chi connectivity index (χ0v) is 13.5. The van der Waals surface area contributed by atoms with E-state index in [0.717, 1.165) is 23.3 Å². The van der Waals surface area contributed by atoms with E-state index in [0.29, 0.717) is 19.6 Å². The Balaban J connectivity index is 2.23. The first kappa shape index (κ1) is 18.2. The Kier molecular flexibility index (Phi) is 8.96. The number of hydrogen-bond acceptors (Lipinski definition) is 3. The van der Waals surface area contributed by atoms with Gasteiger partial charge in [-0.25, -0.2) is 0 Å². The quantitative estimate of drug-likeness (QED) is 0.403. The lowest BCUT2D eigenvalue weighted by atomic mass is 10.2. The normalized spacial score (nSPS) is 13.3. The summed E-state index contributed by atoms with van der Waals surface area (Å²) in [4.78, 5) is 0. The minimum absolute atomic E-state index is 0.452. The number of benzene rings is 1. The molecular weight excluding hydrogens is 276 g/mol. The zero-order valence-electron chi connectivity index (χ0n) is 13.5. The second-order valence-electron chi connectivity index (χ2n) is 5.09. The van der Waals surface area contributed by atoms with Crippen LogP contribution < -0.4 is 4.74 Å². The molecule has 0 spiro atoms. The summed E-state index contributed by atoms with van der Waals surface area (Å²) < 4.78 is 10.8. The molecule has 0 saturated heterocycles. The molecule has 0 unspecified atom stereocenters. The fraction of sp³-hybridized carbons (Fsp3) is 0.368. The van der Waals surface area contributed by atoms with Gasteiger partial charge in [0.1, 0.15) is 5.75 Å². The van der Waals surface area contributed by atoms with E-state index < -0.39 is 6.10 Å². The molecule has 0 saturated carbocycles. The first-order chi connectivity index (χ1) is 10.7. The Morgan fingerprint density at radius 3 is 2.68 bits per heavy atom. The molecule has 1 N–H and O–H groups in total. The minimum atomic E-state index is -0.452. The van der Waals surface area contributed by atoms with Crippen LogP contribution in [0.25, 0.3) is 0 Å². The van der Waals surface area contributed by atoms with Crippen LogP contribution >= 0.6 is 0 Å². The molecule has 3 heteroatoms. The summed E-state index contributed by atoms with van der Waals surface area (Å²) in [6, 6.07) is 7.87. The van der Waals surface area contributed by atoms with Crippen LogP contribution in [0.1, 0.15) is 25.3 Å². The number of allylic oxidation sites excluding steroid dienone is 2. The van der Waals surface area contributed by atoms with Crippen LogP contribution in [0.4, 0.5) is 0 Å². The SMILES string of the molecule is C=CC[C@@H](O)/C=C/C(C)=C/CCOCc1ccc(OC)cc1. The van der Waals surface area contributed by atoms with E-state index in [1.54, 1.807) is 19.3 Å². The molecule has 0 aliphatic rings. The van der Waals surface area contributed by atoms with Crippen LogP contribution in [0, 0.1) is 0 Å². The summed E-state index contributed by atoms with van der Waals surface area (Å²) in [6.45, 7) is 6.89. The van der Waals surface area contributed by atoms with Gasteiger partial charge in [0, 0.05) is 0 Å². The van der Waals surface area contributed by atoms with Crippen LogP contribution in [0.15, 0.2) is 60.7 Å². The average Bonchev–Trinajstić information content (AvgIpc) is 2.53. The first-order valence-electron chi connectivity index (χ1n) is 7.50. The molecule has 1 atom stereocenters. The molecule has 0 heterocycles. The van der Waals surface area contributed by atoms with Gasteiger partial charge in [-0.1, -0.05) is 42.0 Å². The number of hydrogen-bond donors (Lipinski definition) is 1. The molecule has 0 bridgehead atoms. The van der Waals surface area contributed by atoms with E-state index in [4.69, 9.17) is 9.47 Å². The summed E-state index contributed by atoms with van der Waals surface area (Å²) in [7, 11) is 1.66. The van der Waals surface area contributed by atoms with Crippen molar-refractivity contribution < 1.29 is 14.6 Å². The van der Waals surface area contributed by atoms with E-state index in [1.165, 1.54) is 0 Å². The molecule has 120 valence electrons. The molecule has 1 aromatic carbocycles. The van der Waals surface area contributed by atoms with Gasteiger partial charge in [0.05, 0.1) is 26.4 Å². The molecule has 0 aromatic heterocycles. The molecule has 0 aliphatic heterocycles. The molecular formula is C19H26O3. The van der Waals surface area contributed by atoms with Crippen molar-refractivity contribution in [2.75, 3.05) is 13.7 Å². The first-order valence-corrected chi connectivity index (χ1v) is 7.50. The van der Waals surface area contributed by atoms with Crippen LogP contribution in [0.3, 0.4) is 0 Å². The number of aliphatic hydroxyl groups excluding tert-OH is 1. The number of methoxy groups -OCH3 is 1. The maximum atomic E-state index is 9.55. The Bertz CT molecular complexity index is 486. The topological polar surface area (TPSA) is 38.7 Å². The maximum absolute atomic E-state index is 9.55. The highest BCUT2D eigenvalue weighted by Gasteiger charge is 1.95. The second kappa shape index (κ2) is 10.8. The molecule has 0 amide bonds. The van der Waals surface area contributed by atoms with Crippen LogP contribution in [0.2, 0.25) is 0 Å². The van der Waals surface area contributed by atoms with Crippen LogP contribution in [-0.4, -0.2) is 24.9 Å². The maximum Gasteiger partial charge on any atom is 0.118 e. The Labute approximate surface area is 133 Å². The largest absolute Gasteiger partial charge is 0.497 e. The monoisotopic (exact) mass is 302 g/mol. The van der Waals surface area contributed by atoms with E-state index in [1.807, 2.05) is 37.3 Å². The number of ether oxygens (including phenoxy) is 2. The van der Waals surface area contributed by atoms with Crippen molar-refractivity contribution in [3.05, 3.63) is 66.3 Å². The van der Waals surface area contributed by atoms with Crippen molar-refractivity contribution in [2.45, 2.75) is 32.5 Å². The van der Waals surface area contributed by atoms with Crippen molar-refractivity contribution in [1.82, 2.24) is 0 Å². The van der Waals surface area contributed by atoms with Crippen LogP contribution in [0.5, 0.6) is 5.75 Å². The van der Waals surface area contributed by atoms with Gasteiger partial charge in [0.2, 0.25) is 0 Å². The third kappa shape index (κ3) is 7.81. The van der Waals surface area contributed by atoms with Crippen molar-refractivity contribution in [2.24, 2.45) is 0 Å². The van der Waals surface area contributed by atoms with Gasteiger partial charge in [0.25, 0.3) is 0 Å². The molecule has 1 aromatic rings. The van der Waals surface area contributed by atoms with Gasteiger partial charge >= 0.3 is 0 Å². The van der Waals surface area contributed by atoms with Crippen molar-refractivity contribution in [3.8, 4) is 5.75 Å². The summed E-state index contributed by atoms with van der Waals surface area (Å²) >= 11 is 0. The lowest BCUT2D eigenvalue weighted by Crippen LogP contribution is -1.98. The predicted octanol–water partition coefficient (Wildman–Crippen LogP) is 4.04. The van der Waals surface area contributed by atoms with Crippen LogP contribution in [-0.2, 0) is 11.3 Å². The molecule has 22 heavy (non-hydrogen) atoms. The van der Waals surface area contributed by atoms with Gasteiger partial charge in [-0.05, 0) is 37.5 Å². The molecule has 0 fully saturated rings. The standard InChI is InChI=1S/C19H26O3/c1-4-6-18(20)11-8-16(2)7-5-14-22-15-17-9-12-19(21-3)13-10-17/h4,7-13,18,20H,1,5-6,14-15H2,2-3H3/b11-8+,16-7+/t18-/m1/s1. The Morgan fingerprint density at radius 2 is 2.05 bits per heavy atom. The summed E-state index contributed by atoms with van der Waals surface area (Å²) in [5.41, 5.74) is 2.25. The van der Waals surface area contributed by atoms with E-state index >= 15 is 0 Å². The lowest BCUT2D eigenvalue weighted by molar-refractivity contribution is 0.125. The van der Waals surface area contributed by atoms with Gasteiger partial charge in [-0.3, -0.25) is 0 Å². The molecule has 0 aliphatic carbocycles. The van der Waals surface area contributed by atoms with E-state index in [2.05, 4.69) is 12.7 Å². The minimum Gasteiger partial charge on any atom is -0.497 e. The zero-order chi connectivity index (χ0) is 16.2. The predicted molar refractivity (Wildman–Crippen MR) is 91.0 cm³/mol. The molecule has 0 radical (unpaired) electrons. The smallest absolute Gasteiger partial charge is 0.118 e. The second-order valence-corrected chi connectivity index (χ2v) is 5.09. The highest BCUT2D eigenvalue weighted by atomic mass is 16.5. The fourth-order valence-corrected chi connectivity index (χ4v) is 1.86. The van der Waals surface area contributed by atoms with Gasteiger partial charge in [-0.15, -0.1) is 6.58 Å². The third-order valence-corrected chi connectivity index (χ3v) is 3.15. The summed E-state index contributed by atoms with van der Waals surface area (Å²) in [6.07, 6.45) is 8.50. The van der Waals surface area contributed by atoms with Crippen molar-refractivity contribution in [3.63, 3.8) is 0 Å². The highest BCUT2D eigenvalue weighted by molar-refractivity contribution is 5.26. The van der Waals surface area contributed by atoms with E-state index in [9.17, 15) is 5.11 Å². The Hall–Kier alpha value is -1.84. The lowest BCUT2D eigenvalue weighted by Gasteiger charge is -2.04. The van der Waals surface area contributed by atoms with Gasteiger partial charge in [-0.2, -0.15) is 0 Å². The highest BCUT2D eigenvalue weighted by Crippen LogP contribution is 2.12. The van der Waals surface area contributed by atoms with E-state index in [-0.39, 0.29) is 0 Å². The Morgan fingerprint density at radius 1 is 1.32 bits per heavy atom. The summed E-state index contributed by atoms with van der Waals surface area (Å²) in [5.74, 6) is 0.854. The number of rotatable bonds is 10. The average molecular weight is 302 g/mol. The fourth-order valence-electron chi connectivity index (χ4n) is 1.86. The molecule has 3 nitrogen and oxygen atoms in total. The third-order valence-electron chi connectivity index (χ3n) is 3.15. The molecule has 1 rings (SSSR count). The van der Waals surface area contributed by atoms with Gasteiger partial charge < -0.3 is 14.6 Å². The van der Waals surface area contributed by atoms with Gasteiger partial charge in [0.15, 0.2) is 0 Å². The van der Waals surface area contributed by atoms with Crippen molar-refractivity contribution >= 4 is 0 Å². The summed E-state index contributed by atoms with van der Waals surface area (Å²) in [5, 5.41) is 9.55. The van der Waals surface area contributed by atoms with Crippen molar-refractivity contribution in [1.29, 1.82) is 0 Å².